The average Bonchev–Trinajstić information content (AvgIpc) is 3.12. The van der Waals surface area contributed by atoms with E-state index in [1.54, 1.807) is 43.1 Å². The number of hydrogen-bond donors (Lipinski definition) is 1. The first-order chi connectivity index (χ1) is 13.9. The van der Waals surface area contributed by atoms with Gasteiger partial charge in [-0.2, -0.15) is 4.98 Å². The summed E-state index contributed by atoms with van der Waals surface area (Å²) in [7, 11) is -2.08. The van der Waals surface area contributed by atoms with Crippen molar-refractivity contribution in [3.63, 3.8) is 0 Å². The predicted octanol–water partition coefficient (Wildman–Crippen LogP) is 2.76. The zero-order valence-electron chi connectivity index (χ0n) is 15.8. The van der Waals surface area contributed by atoms with Crippen LogP contribution in [0.25, 0.3) is 11.0 Å². The van der Waals surface area contributed by atoms with Crippen LogP contribution in [0.3, 0.4) is 0 Å². The van der Waals surface area contributed by atoms with Crippen LogP contribution >= 0.6 is 0 Å². The topological polar surface area (TPSA) is 114 Å². The van der Waals surface area contributed by atoms with Crippen LogP contribution in [-0.4, -0.2) is 35.6 Å². The van der Waals surface area contributed by atoms with Gasteiger partial charge in [0, 0.05) is 14.0 Å². The van der Waals surface area contributed by atoms with Crippen LogP contribution in [0.1, 0.15) is 11.7 Å². The number of para-hydroxylation sites is 2. The van der Waals surface area contributed by atoms with Crippen LogP contribution in [-0.2, 0) is 16.6 Å². The lowest BCUT2D eigenvalue weighted by Gasteiger charge is -2.20. The third-order valence-corrected chi connectivity index (χ3v) is 5.50. The standard InChI is InChI=1S/C19H18N6O3S/c1-13-20-17(23-28-13)12-25(2)19-18(21-15-10-6-7-11-16(15)22-19)24-29(26,27)14-8-4-3-5-9-14/h3-11H,12H2,1-2H3,(H,21,24). The molecule has 9 nitrogen and oxygen atoms in total. The van der Waals surface area contributed by atoms with Crippen molar-refractivity contribution in [3.8, 4) is 0 Å². The lowest BCUT2D eigenvalue weighted by atomic mass is 10.3. The van der Waals surface area contributed by atoms with Gasteiger partial charge in [-0.15, -0.1) is 0 Å². The first-order valence-corrected chi connectivity index (χ1v) is 10.3. The fourth-order valence-corrected chi connectivity index (χ4v) is 3.83. The van der Waals surface area contributed by atoms with Crippen molar-refractivity contribution in [2.75, 3.05) is 16.7 Å². The first kappa shape index (κ1) is 18.8. The molecule has 4 aromatic rings. The molecular weight excluding hydrogens is 392 g/mol. The summed E-state index contributed by atoms with van der Waals surface area (Å²) in [5, 5.41) is 3.88. The fraction of sp³-hybridized carbons (Fsp3) is 0.158. The Morgan fingerprint density at radius 3 is 2.28 bits per heavy atom. The van der Waals surface area contributed by atoms with E-state index in [2.05, 4.69) is 24.8 Å². The maximum Gasteiger partial charge on any atom is 0.263 e. The van der Waals surface area contributed by atoms with Crippen molar-refractivity contribution in [1.82, 2.24) is 20.1 Å². The van der Waals surface area contributed by atoms with E-state index in [0.29, 0.717) is 28.6 Å². The molecule has 0 amide bonds. The minimum Gasteiger partial charge on any atom is -0.349 e. The molecule has 2 aromatic heterocycles. The van der Waals surface area contributed by atoms with Crippen LogP contribution in [0.5, 0.6) is 0 Å². The zero-order chi connectivity index (χ0) is 20.4. The van der Waals surface area contributed by atoms with Crippen LogP contribution < -0.4 is 9.62 Å². The number of fused-ring (bicyclic) bond motifs is 1. The Morgan fingerprint density at radius 2 is 1.62 bits per heavy atom. The second-order valence-electron chi connectivity index (χ2n) is 6.39. The Hall–Kier alpha value is -3.53. The summed E-state index contributed by atoms with van der Waals surface area (Å²) in [6, 6.07) is 15.3. The minimum atomic E-state index is -3.84. The highest BCUT2D eigenvalue weighted by atomic mass is 32.2. The lowest BCUT2D eigenvalue weighted by Crippen LogP contribution is -2.23. The number of nitrogens with one attached hydrogen (secondary N) is 1. The lowest BCUT2D eigenvalue weighted by molar-refractivity contribution is 0.387. The van der Waals surface area contributed by atoms with Crippen LogP contribution in [0, 0.1) is 6.92 Å². The molecule has 0 aliphatic carbocycles. The quantitative estimate of drug-likeness (QED) is 0.516. The van der Waals surface area contributed by atoms with Gasteiger partial charge in [0.25, 0.3) is 10.0 Å². The maximum atomic E-state index is 12.8. The number of hydrogen-bond acceptors (Lipinski definition) is 8. The summed E-state index contributed by atoms with van der Waals surface area (Å²) < 4.78 is 33.2. The number of nitrogens with zero attached hydrogens (tertiary/aromatic N) is 5. The molecular formula is C19H18N6O3S. The number of rotatable bonds is 6. The molecule has 29 heavy (non-hydrogen) atoms. The molecule has 1 N–H and O–H groups in total. The molecule has 0 saturated carbocycles. The van der Waals surface area contributed by atoms with Gasteiger partial charge in [-0.1, -0.05) is 35.5 Å². The van der Waals surface area contributed by atoms with E-state index in [1.807, 2.05) is 18.2 Å². The summed E-state index contributed by atoms with van der Waals surface area (Å²) in [4.78, 5) is 15.1. The van der Waals surface area contributed by atoms with Crippen LogP contribution in [0.4, 0.5) is 11.6 Å². The molecule has 10 heteroatoms. The highest BCUT2D eigenvalue weighted by Crippen LogP contribution is 2.27. The molecule has 0 aliphatic rings. The second kappa shape index (κ2) is 7.47. The molecule has 0 bridgehead atoms. The predicted molar refractivity (Wildman–Crippen MR) is 108 cm³/mol. The molecule has 0 atom stereocenters. The molecule has 0 radical (unpaired) electrons. The SMILES string of the molecule is Cc1nc(CN(C)c2nc3ccccc3nc2NS(=O)(=O)c2ccccc2)no1. The van der Waals surface area contributed by atoms with Crippen molar-refractivity contribution < 1.29 is 12.9 Å². The normalized spacial score (nSPS) is 11.5. The zero-order valence-corrected chi connectivity index (χ0v) is 16.6. The van der Waals surface area contributed by atoms with Crippen LogP contribution in [0.2, 0.25) is 0 Å². The first-order valence-electron chi connectivity index (χ1n) is 8.77. The van der Waals surface area contributed by atoms with Crippen molar-refractivity contribution in [2.45, 2.75) is 18.4 Å². The smallest absolute Gasteiger partial charge is 0.263 e. The van der Waals surface area contributed by atoms with Gasteiger partial charge in [-0.05, 0) is 24.3 Å². The number of sulfonamides is 1. The fourth-order valence-electron chi connectivity index (χ4n) is 2.80. The Balaban J connectivity index is 1.76. The van der Waals surface area contributed by atoms with E-state index in [9.17, 15) is 8.42 Å². The summed E-state index contributed by atoms with van der Waals surface area (Å²) in [6.45, 7) is 1.97. The summed E-state index contributed by atoms with van der Waals surface area (Å²) in [5.74, 6) is 1.38. The maximum absolute atomic E-state index is 12.8. The molecule has 2 aromatic carbocycles. The molecule has 0 spiro atoms. The molecule has 4 rings (SSSR count). The van der Waals surface area contributed by atoms with E-state index in [-0.39, 0.29) is 17.3 Å². The molecule has 2 heterocycles. The van der Waals surface area contributed by atoms with Crippen molar-refractivity contribution in [2.24, 2.45) is 0 Å². The number of aryl methyl sites for hydroxylation is 1. The minimum absolute atomic E-state index is 0.121. The van der Waals surface area contributed by atoms with E-state index in [4.69, 9.17) is 4.52 Å². The van der Waals surface area contributed by atoms with Crippen molar-refractivity contribution >= 4 is 32.7 Å². The Kier molecular flexibility index (Phi) is 4.85. The van der Waals surface area contributed by atoms with Gasteiger partial charge < -0.3 is 9.42 Å². The summed E-state index contributed by atoms with van der Waals surface area (Å²) >= 11 is 0. The molecule has 148 valence electrons. The third kappa shape index (κ3) is 4.02. The molecule has 0 saturated heterocycles. The van der Waals surface area contributed by atoms with Crippen molar-refractivity contribution in [3.05, 3.63) is 66.3 Å². The number of benzene rings is 2. The van der Waals surface area contributed by atoms with Gasteiger partial charge in [0.1, 0.15) is 0 Å². The third-order valence-electron chi connectivity index (χ3n) is 4.15. The van der Waals surface area contributed by atoms with Gasteiger partial charge in [0.2, 0.25) is 5.89 Å². The van der Waals surface area contributed by atoms with Crippen molar-refractivity contribution in [1.29, 1.82) is 0 Å². The van der Waals surface area contributed by atoms with Gasteiger partial charge in [0.05, 0.1) is 22.5 Å². The van der Waals surface area contributed by atoms with E-state index < -0.39 is 10.0 Å². The molecule has 0 fully saturated rings. The van der Waals surface area contributed by atoms with E-state index in [0.717, 1.165) is 0 Å². The molecule has 0 aliphatic heterocycles. The Morgan fingerprint density at radius 1 is 0.966 bits per heavy atom. The van der Waals surface area contributed by atoms with Crippen LogP contribution in [0.15, 0.2) is 64.0 Å². The van der Waals surface area contributed by atoms with Gasteiger partial charge in [-0.25, -0.2) is 18.4 Å². The highest BCUT2D eigenvalue weighted by Gasteiger charge is 2.21. The monoisotopic (exact) mass is 410 g/mol. The van der Waals surface area contributed by atoms with E-state index >= 15 is 0 Å². The second-order valence-corrected chi connectivity index (χ2v) is 8.07. The summed E-state index contributed by atoms with van der Waals surface area (Å²) in [6.07, 6.45) is 0. The van der Waals surface area contributed by atoms with Gasteiger partial charge in [-0.3, -0.25) is 4.72 Å². The average molecular weight is 410 g/mol. The largest absolute Gasteiger partial charge is 0.349 e. The molecule has 0 unspecified atom stereocenters. The number of anilines is 2. The van der Waals surface area contributed by atoms with Gasteiger partial charge >= 0.3 is 0 Å². The Labute approximate surface area is 167 Å². The summed E-state index contributed by atoms with van der Waals surface area (Å²) in [5.41, 5.74) is 1.21. The van der Waals surface area contributed by atoms with E-state index in [1.165, 1.54) is 12.1 Å². The highest BCUT2D eigenvalue weighted by molar-refractivity contribution is 7.92. The number of aromatic nitrogens is 4. The Bertz CT molecular complexity index is 1260. The van der Waals surface area contributed by atoms with Gasteiger partial charge in [0.15, 0.2) is 17.5 Å².